The third-order valence-electron chi connectivity index (χ3n) is 3.73. The van der Waals surface area contributed by atoms with Crippen molar-refractivity contribution in [2.24, 2.45) is 0 Å². The normalized spacial score (nSPS) is 13.7. The van der Waals surface area contributed by atoms with Crippen molar-refractivity contribution < 1.29 is 14.6 Å². The molecule has 1 aromatic rings. The van der Waals surface area contributed by atoms with Gasteiger partial charge in [0.05, 0.1) is 19.8 Å². The number of likely N-dealkylation sites (N-methyl/N-ethyl adjacent to an activating group) is 1. The fourth-order valence-corrected chi connectivity index (χ4v) is 2.41. The quantitative estimate of drug-likeness (QED) is 0.616. The Bertz CT molecular complexity index is 374. The molecule has 0 amide bonds. The highest BCUT2D eigenvalue weighted by atomic mass is 16.5. The summed E-state index contributed by atoms with van der Waals surface area (Å²) in [6.07, 6.45) is 2.74. The van der Waals surface area contributed by atoms with Gasteiger partial charge in [-0.25, -0.2) is 0 Å². The van der Waals surface area contributed by atoms with E-state index in [4.69, 9.17) is 9.47 Å². The number of rotatable bonds is 11. The summed E-state index contributed by atoms with van der Waals surface area (Å²) in [4.78, 5) is 0. The van der Waals surface area contributed by atoms with Crippen LogP contribution in [0.5, 0.6) is 11.5 Å². The van der Waals surface area contributed by atoms with Gasteiger partial charge in [-0.2, -0.15) is 0 Å². The lowest BCUT2D eigenvalue weighted by atomic mass is 9.91. The van der Waals surface area contributed by atoms with Crippen LogP contribution < -0.4 is 14.8 Å². The molecule has 0 saturated carbocycles. The Morgan fingerprint density at radius 2 is 1.67 bits per heavy atom. The molecule has 21 heavy (non-hydrogen) atoms. The number of aliphatic hydroxyl groups excluding tert-OH is 1. The van der Waals surface area contributed by atoms with Crippen LogP contribution in [0.25, 0.3) is 0 Å². The molecule has 0 radical (unpaired) electrons. The highest BCUT2D eigenvalue weighted by molar-refractivity contribution is 5.31. The summed E-state index contributed by atoms with van der Waals surface area (Å²) in [7, 11) is 0. The maximum absolute atomic E-state index is 9.59. The van der Waals surface area contributed by atoms with E-state index in [0.717, 1.165) is 37.3 Å². The summed E-state index contributed by atoms with van der Waals surface area (Å²) >= 11 is 0. The molecular formula is C17H29NO3. The fourth-order valence-electron chi connectivity index (χ4n) is 2.41. The van der Waals surface area contributed by atoms with E-state index in [0.29, 0.717) is 13.2 Å². The molecule has 1 atom stereocenters. The van der Waals surface area contributed by atoms with Crippen molar-refractivity contribution in [3.63, 3.8) is 0 Å². The third-order valence-corrected chi connectivity index (χ3v) is 3.73. The third kappa shape index (κ3) is 5.94. The number of ether oxygens (including phenoxy) is 2. The predicted molar refractivity (Wildman–Crippen MR) is 86.1 cm³/mol. The van der Waals surface area contributed by atoms with Crippen LogP contribution in [0, 0.1) is 0 Å². The van der Waals surface area contributed by atoms with Crippen molar-refractivity contribution in [1.82, 2.24) is 5.32 Å². The van der Waals surface area contributed by atoms with Crippen LogP contribution in [0.2, 0.25) is 0 Å². The molecule has 1 unspecified atom stereocenters. The van der Waals surface area contributed by atoms with Crippen LogP contribution in [0.1, 0.15) is 40.0 Å². The Morgan fingerprint density at radius 1 is 1.05 bits per heavy atom. The highest BCUT2D eigenvalue weighted by Gasteiger charge is 2.25. The van der Waals surface area contributed by atoms with Crippen molar-refractivity contribution in [2.45, 2.75) is 45.6 Å². The van der Waals surface area contributed by atoms with Gasteiger partial charge in [-0.05, 0) is 57.0 Å². The molecule has 0 saturated heterocycles. The van der Waals surface area contributed by atoms with E-state index < -0.39 is 0 Å². The lowest BCUT2D eigenvalue weighted by Gasteiger charge is -2.31. The molecule has 0 aliphatic heterocycles. The number of aliphatic hydroxyl groups is 1. The van der Waals surface area contributed by atoms with Crippen LogP contribution in [0.3, 0.4) is 0 Å². The number of benzene rings is 1. The van der Waals surface area contributed by atoms with Gasteiger partial charge in [-0.1, -0.05) is 13.8 Å². The Morgan fingerprint density at radius 3 is 2.14 bits per heavy atom. The van der Waals surface area contributed by atoms with Gasteiger partial charge in [0.2, 0.25) is 0 Å². The topological polar surface area (TPSA) is 50.7 Å². The molecule has 0 aliphatic carbocycles. The first-order chi connectivity index (χ1) is 10.2. The van der Waals surface area contributed by atoms with Gasteiger partial charge < -0.3 is 19.9 Å². The molecule has 0 bridgehead atoms. The largest absolute Gasteiger partial charge is 0.494 e. The number of nitrogens with one attached hydrogen (secondary N) is 1. The molecule has 0 heterocycles. The second-order valence-electron chi connectivity index (χ2n) is 5.18. The van der Waals surface area contributed by atoms with E-state index in [-0.39, 0.29) is 12.1 Å². The molecule has 2 N–H and O–H groups in total. The van der Waals surface area contributed by atoms with Crippen molar-refractivity contribution in [3.8, 4) is 11.5 Å². The highest BCUT2D eigenvalue weighted by Crippen LogP contribution is 2.20. The number of hydrogen-bond donors (Lipinski definition) is 2. The van der Waals surface area contributed by atoms with Crippen LogP contribution in [0.15, 0.2) is 24.3 Å². The average Bonchev–Trinajstić information content (AvgIpc) is 2.52. The van der Waals surface area contributed by atoms with E-state index in [2.05, 4.69) is 19.2 Å². The zero-order valence-electron chi connectivity index (χ0n) is 13.5. The smallest absolute Gasteiger partial charge is 0.119 e. The Balaban J connectivity index is 2.35. The van der Waals surface area contributed by atoms with Crippen molar-refractivity contribution in [3.05, 3.63) is 24.3 Å². The Hall–Kier alpha value is -1.26. The van der Waals surface area contributed by atoms with Crippen LogP contribution in [-0.2, 0) is 0 Å². The van der Waals surface area contributed by atoms with Gasteiger partial charge in [0.1, 0.15) is 11.5 Å². The lowest BCUT2D eigenvalue weighted by Crippen LogP contribution is -2.48. The monoisotopic (exact) mass is 295 g/mol. The van der Waals surface area contributed by atoms with E-state index in [1.165, 1.54) is 0 Å². The van der Waals surface area contributed by atoms with Gasteiger partial charge in [-0.15, -0.1) is 0 Å². The van der Waals surface area contributed by atoms with Crippen LogP contribution in [0.4, 0.5) is 0 Å². The summed E-state index contributed by atoms with van der Waals surface area (Å²) in [5.41, 5.74) is -0.170. The zero-order valence-corrected chi connectivity index (χ0v) is 13.5. The average molecular weight is 295 g/mol. The lowest BCUT2D eigenvalue weighted by molar-refractivity contribution is 0.139. The van der Waals surface area contributed by atoms with Gasteiger partial charge in [0.15, 0.2) is 0 Å². The van der Waals surface area contributed by atoms with Crippen molar-refractivity contribution in [2.75, 3.05) is 26.4 Å². The van der Waals surface area contributed by atoms with E-state index in [1.807, 2.05) is 31.2 Å². The Labute approximate surface area is 128 Å². The molecular weight excluding hydrogens is 266 g/mol. The van der Waals surface area contributed by atoms with Crippen molar-refractivity contribution >= 4 is 0 Å². The SMILES string of the molecule is CCNC(CC)(CO)CCCOc1ccc(OCC)cc1. The fraction of sp³-hybridized carbons (Fsp3) is 0.647. The summed E-state index contributed by atoms with van der Waals surface area (Å²) in [5, 5.41) is 13.0. The van der Waals surface area contributed by atoms with Crippen LogP contribution in [-0.4, -0.2) is 37.0 Å². The first-order valence-electron chi connectivity index (χ1n) is 7.91. The summed E-state index contributed by atoms with van der Waals surface area (Å²) < 4.78 is 11.1. The van der Waals surface area contributed by atoms with E-state index in [1.54, 1.807) is 0 Å². The van der Waals surface area contributed by atoms with Crippen LogP contribution >= 0.6 is 0 Å². The van der Waals surface area contributed by atoms with Crippen molar-refractivity contribution in [1.29, 1.82) is 0 Å². The van der Waals surface area contributed by atoms with Gasteiger partial charge in [0.25, 0.3) is 0 Å². The first kappa shape index (κ1) is 17.8. The molecule has 0 aromatic heterocycles. The predicted octanol–water partition coefficient (Wildman–Crippen LogP) is 2.99. The standard InChI is InChI=1S/C17H29NO3/c1-4-17(14-19,18-5-2)12-7-13-21-16-10-8-15(9-11-16)20-6-3/h8-11,18-19H,4-7,12-14H2,1-3H3. The minimum atomic E-state index is -0.170. The summed E-state index contributed by atoms with van der Waals surface area (Å²) in [5.74, 6) is 1.72. The molecule has 0 aliphatic rings. The van der Waals surface area contributed by atoms with E-state index in [9.17, 15) is 5.11 Å². The summed E-state index contributed by atoms with van der Waals surface area (Å²) in [6.45, 7) is 8.50. The zero-order chi connectivity index (χ0) is 15.6. The Kier molecular flexibility index (Phi) is 8.16. The molecule has 0 spiro atoms. The number of hydrogen-bond acceptors (Lipinski definition) is 4. The molecule has 1 aromatic carbocycles. The molecule has 4 nitrogen and oxygen atoms in total. The molecule has 0 fully saturated rings. The maximum Gasteiger partial charge on any atom is 0.119 e. The molecule has 4 heteroatoms. The maximum atomic E-state index is 9.59. The molecule has 1 rings (SSSR count). The first-order valence-corrected chi connectivity index (χ1v) is 7.91. The van der Waals surface area contributed by atoms with Gasteiger partial charge in [0, 0.05) is 5.54 Å². The minimum Gasteiger partial charge on any atom is -0.494 e. The van der Waals surface area contributed by atoms with Gasteiger partial charge in [-0.3, -0.25) is 0 Å². The second-order valence-corrected chi connectivity index (χ2v) is 5.18. The molecule has 120 valence electrons. The van der Waals surface area contributed by atoms with E-state index >= 15 is 0 Å². The summed E-state index contributed by atoms with van der Waals surface area (Å²) in [6, 6.07) is 7.69. The minimum absolute atomic E-state index is 0.167. The van der Waals surface area contributed by atoms with Gasteiger partial charge >= 0.3 is 0 Å². The second kappa shape index (κ2) is 9.64.